The number of ether oxygens (including phenoxy) is 1. The number of rotatable bonds is 7. The first-order chi connectivity index (χ1) is 12.0. The van der Waals surface area contributed by atoms with Gasteiger partial charge in [0.2, 0.25) is 0 Å². The van der Waals surface area contributed by atoms with Crippen molar-refractivity contribution in [2.24, 2.45) is 23.2 Å². The molecule has 0 amide bonds. The molecule has 1 aliphatic heterocycles. The molecule has 1 heterocycles. The SMILES string of the molecule is CC[NH+](CC)CC[NH2+]C[C@H]1C(=O)O[C@@H]2C[C@@]3(C)CCC[C@H](C)C3=C[C@@H]21. The molecule has 0 aromatic rings. The molecule has 1 saturated carbocycles. The molecule has 0 bridgehead atoms. The van der Waals surface area contributed by atoms with E-state index in [0.29, 0.717) is 11.8 Å². The van der Waals surface area contributed by atoms with E-state index < -0.39 is 0 Å². The Morgan fingerprint density at radius 1 is 1.36 bits per heavy atom. The van der Waals surface area contributed by atoms with E-state index in [-0.39, 0.29) is 23.4 Å². The minimum Gasteiger partial charge on any atom is -0.461 e. The molecule has 3 rings (SSSR count). The van der Waals surface area contributed by atoms with Crippen molar-refractivity contribution in [2.75, 3.05) is 32.7 Å². The quantitative estimate of drug-likeness (QED) is 0.405. The number of likely N-dealkylation sites (N-methyl/N-ethyl adjacent to an activating group) is 1. The molecule has 2 aliphatic carbocycles. The molecule has 0 unspecified atom stereocenters. The molecular formula is C21H38N2O2+2. The molecule has 25 heavy (non-hydrogen) atoms. The summed E-state index contributed by atoms with van der Waals surface area (Å²) in [7, 11) is 0. The number of nitrogens with one attached hydrogen (secondary N) is 1. The summed E-state index contributed by atoms with van der Waals surface area (Å²) in [6, 6.07) is 0. The van der Waals surface area contributed by atoms with Gasteiger partial charge in [-0.25, -0.2) is 0 Å². The van der Waals surface area contributed by atoms with Gasteiger partial charge >= 0.3 is 5.97 Å². The van der Waals surface area contributed by atoms with Crippen molar-refractivity contribution >= 4 is 5.97 Å². The van der Waals surface area contributed by atoms with Crippen molar-refractivity contribution < 1.29 is 19.7 Å². The number of carbonyl (C=O) groups excluding carboxylic acids is 1. The number of allylic oxidation sites excluding steroid dienone is 1. The number of fused-ring (bicyclic) bond motifs is 2. The maximum atomic E-state index is 12.5. The summed E-state index contributed by atoms with van der Waals surface area (Å²) in [5, 5.41) is 2.34. The summed E-state index contributed by atoms with van der Waals surface area (Å²) in [5.41, 5.74) is 1.89. The van der Waals surface area contributed by atoms with Crippen LogP contribution in [0.15, 0.2) is 11.6 Å². The molecule has 0 spiro atoms. The highest BCUT2D eigenvalue weighted by Crippen LogP contribution is 2.53. The smallest absolute Gasteiger partial charge is 0.315 e. The maximum Gasteiger partial charge on any atom is 0.315 e. The molecular weight excluding hydrogens is 312 g/mol. The predicted octanol–water partition coefficient (Wildman–Crippen LogP) is 0.789. The number of quaternary nitrogens is 2. The second-order valence-electron chi connectivity index (χ2n) is 8.86. The third-order valence-corrected chi connectivity index (χ3v) is 7.20. The highest BCUT2D eigenvalue weighted by molar-refractivity contribution is 5.76. The van der Waals surface area contributed by atoms with Gasteiger partial charge in [0.1, 0.15) is 25.1 Å². The molecule has 2 fully saturated rings. The Morgan fingerprint density at radius 2 is 2.12 bits per heavy atom. The van der Waals surface area contributed by atoms with Crippen molar-refractivity contribution in [2.45, 2.75) is 59.5 Å². The van der Waals surface area contributed by atoms with Crippen LogP contribution in [-0.2, 0) is 9.53 Å². The Hall–Kier alpha value is -0.870. The molecule has 3 aliphatic rings. The zero-order valence-corrected chi connectivity index (χ0v) is 16.6. The number of hydrogen-bond donors (Lipinski definition) is 2. The molecule has 5 atom stereocenters. The summed E-state index contributed by atoms with van der Waals surface area (Å²) in [5.74, 6) is 1.09. The van der Waals surface area contributed by atoms with E-state index in [1.807, 2.05) is 0 Å². The van der Waals surface area contributed by atoms with Gasteiger partial charge in [-0.1, -0.05) is 31.9 Å². The van der Waals surface area contributed by atoms with E-state index in [9.17, 15) is 4.79 Å². The second kappa shape index (κ2) is 7.79. The Bertz CT molecular complexity index is 514. The minimum atomic E-state index is 0.0492. The maximum absolute atomic E-state index is 12.5. The lowest BCUT2D eigenvalue weighted by atomic mass is 9.59. The van der Waals surface area contributed by atoms with Crippen LogP contribution >= 0.6 is 0 Å². The molecule has 0 radical (unpaired) electrons. The highest BCUT2D eigenvalue weighted by Gasteiger charge is 2.52. The number of nitrogens with two attached hydrogens (primary N) is 1. The summed E-state index contributed by atoms with van der Waals surface area (Å²) in [6.45, 7) is 14.8. The first-order valence-corrected chi connectivity index (χ1v) is 10.6. The lowest BCUT2D eigenvalue weighted by Crippen LogP contribution is -3.14. The largest absolute Gasteiger partial charge is 0.461 e. The van der Waals surface area contributed by atoms with Crippen LogP contribution in [0.25, 0.3) is 0 Å². The van der Waals surface area contributed by atoms with E-state index in [1.54, 1.807) is 10.5 Å². The Kier molecular flexibility index (Phi) is 5.89. The second-order valence-corrected chi connectivity index (χ2v) is 8.86. The van der Waals surface area contributed by atoms with E-state index >= 15 is 0 Å². The van der Waals surface area contributed by atoms with Crippen LogP contribution in [0.2, 0.25) is 0 Å². The lowest BCUT2D eigenvalue weighted by molar-refractivity contribution is -0.909. The molecule has 4 nitrogen and oxygen atoms in total. The third-order valence-electron chi connectivity index (χ3n) is 7.20. The Balaban J connectivity index is 1.63. The van der Waals surface area contributed by atoms with Gasteiger partial charge in [-0.2, -0.15) is 0 Å². The summed E-state index contributed by atoms with van der Waals surface area (Å²) in [6.07, 6.45) is 7.50. The van der Waals surface area contributed by atoms with Crippen LogP contribution in [-0.4, -0.2) is 44.8 Å². The molecule has 142 valence electrons. The minimum absolute atomic E-state index is 0.0492. The summed E-state index contributed by atoms with van der Waals surface area (Å²) < 4.78 is 5.84. The molecule has 3 N–H and O–H groups in total. The van der Waals surface area contributed by atoms with Crippen molar-refractivity contribution in [3.05, 3.63) is 11.6 Å². The van der Waals surface area contributed by atoms with Gasteiger partial charge in [0, 0.05) is 5.92 Å². The number of carbonyl (C=O) groups is 1. The van der Waals surface area contributed by atoms with Gasteiger partial charge in [-0.3, -0.25) is 4.79 Å². The monoisotopic (exact) mass is 350 g/mol. The topological polar surface area (TPSA) is 47.4 Å². The first-order valence-electron chi connectivity index (χ1n) is 10.6. The highest BCUT2D eigenvalue weighted by atomic mass is 16.6. The van der Waals surface area contributed by atoms with Gasteiger partial charge in [0.25, 0.3) is 0 Å². The average Bonchev–Trinajstić information content (AvgIpc) is 2.87. The molecule has 1 saturated heterocycles. The van der Waals surface area contributed by atoms with Crippen molar-refractivity contribution in [3.63, 3.8) is 0 Å². The number of hydrogen-bond acceptors (Lipinski definition) is 2. The standard InChI is InChI=1S/C21H36N2O2/c1-5-23(6-2)11-10-22-14-17-16-12-18-15(3)8-7-9-21(18,4)13-19(16)25-20(17)24/h12,15-17,19,22H,5-11,13-14H2,1-4H3/p+2/t15-,16+,17+,19+,21+/m0/s1. The van der Waals surface area contributed by atoms with Gasteiger partial charge in [0.05, 0.1) is 19.6 Å². The van der Waals surface area contributed by atoms with Crippen LogP contribution in [0.1, 0.15) is 53.4 Å². The van der Waals surface area contributed by atoms with Crippen molar-refractivity contribution in [3.8, 4) is 0 Å². The number of esters is 1. The Morgan fingerprint density at radius 3 is 2.84 bits per heavy atom. The summed E-state index contributed by atoms with van der Waals surface area (Å²) >= 11 is 0. The fraction of sp³-hybridized carbons (Fsp3) is 0.857. The van der Waals surface area contributed by atoms with Gasteiger partial charge in [-0.05, 0) is 44.4 Å². The van der Waals surface area contributed by atoms with E-state index in [1.165, 1.54) is 38.9 Å². The van der Waals surface area contributed by atoms with Gasteiger partial charge in [-0.15, -0.1) is 0 Å². The summed E-state index contributed by atoms with van der Waals surface area (Å²) in [4.78, 5) is 14.1. The molecule has 4 heteroatoms. The predicted molar refractivity (Wildman–Crippen MR) is 99.3 cm³/mol. The van der Waals surface area contributed by atoms with Crippen LogP contribution in [0.4, 0.5) is 0 Å². The van der Waals surface area contributed by atoms with Crippen molar-refractivity contribution in [1.29, 1.82) is 0 Å². The fourth-order valence-corrected chi connectivity index (χ4v) is 5.52. The van der Waals surface area contributed by atoms with Gasteiger partial charge < -0.3 is 15.0 Å². The first kappa shape index (κ1) is 18.9. The van der Waals surface area contributed by atoms with Crippen LogP contribution in [0.3, 0.4) is 0 Å². The lowest BCUT2D eigenvalue weighted by Gasteiger charge is -2.45. The zero-order valence-electron chi connectivity index (χ0n) is 16.6. The molecule has 0 aromatic carbocycles. The van der Waals surface area contributed by atoms with Crippen molar-refractivity contribution in [1.82, 2.24) is 0 Å². The van der Waals surface area contributed by atoms with Gasteiger partial charge in [0.15, 0.2) is 0 Å². The normalized spacial score (nSPS) is 37.5. The fourth-order valence-electron chi connectivity index (χ4n) is 5.52. The molecule has 0 aromatic heterocycles. The van der Waals surface area contributed by atoms with Crippen LogP contribution in [0.5, 0.6) is 0 Å². The van der Waals surface area contributed by atoms with E-state index in [2.05, 4.69) is 39.1 Å². The zero-order chi connectivity index (χ0) is 18.0. The van der Waals surface area contributed by atoms with E-state index in [0.717, 1.165) is 19.5 Å². The Labute approximate surface area is 153 Å². The van der Waals surface area contributed by atoms with Crippen LogP contribution in [0, 0.1) is 23.2 Å². The third kappa shape index (κ3) is 3.80. The van der Waals surface area contributed by atoms with E-state index in [4.69, 9.17) is 4.74 Å². The van der Waals surface area contributed by atoms with Crippen LogP contribution < -0.4 is 10.2 Å². The average molecular weight is 351 g/mol.